The van der Waals surface area contributed by atoms with E-state index in [2.05, 4.69) is 62.0 Å². The Kier molecular flexibility index (Phi) is 7.60. The van der Waals surface area contributed by atoms with E-state index in [0.29, 0.717) is 24.7 Å². The second-order valence-electron chi connectivity index (χ2n) is 14.6. The molecule has 4 N–H and O–H groups in total. The van der Waals surface area contributed by atoms with Gasteiger partial charge in [0.2, 0.25) is 5.91 Å². The highest BCUT2D eigenvalue weighted by Crippen LogP contribution is 2.48. The summed E-state index contributed by atoms with van der Waals surface area (Å²) >= 11 is 0. The van der Waals surface area contributed by atoms with Crippen molar-refractivity contribution in [1.82, 2.24) is 4.90 Å². The van der Waals surface area contributed by atoms with Gasteiger partial charge >= 0.3 is 0 Å². The topological polar surface area (TPSA) is 112 Å². The molecule has 0 spiro atoms. The molecule has 4 aliphatic heterocycles. The summed E-state index contributed by atoms with van der Waals surface area (Å²) in [5.41, 5.74) is 8.63. The fraction of sp³-hybridized carbons (Fsp3) is 0.588. The van der Waals surface area contributed by atoms with Crippen LogP contribution in [0.2, 0.25) is 0 Å². The molecule has 2 aromatic rings. The molecule has 2 fully saturated rings. The van der Waals surface area contributed by atoms with Gasteiger partial charge in [-0.15, -0.1) is 0 Å². The molecular weight excluding hydrogens is 542 g/mol. The van der Waals surface area contributed by atoms with Gasteiger partial charge in [-0.25, -0.2) is 0 Å². The molecule has 0 bridgehead atoms. The summed E-state index contributed by atoms with van der Waals surface area (Å²) in [5.74, 6) is -2.37. The van der Waals surface area contributed by atoms with E-state index >= 15 is 0 Å². The van der Waals surface area contributed by atoms with Crippen LogP contribution in [0.3, 0.4) is 0 Å². The number of amides is 1. The van der Waals surface area contributed by atoms with E-state index in [4.69, 9.17) is 0 Å². The predicted molar refractivity (Wildman–Crippen MR) is 164 cm³/mol. The van der Waals surface area contributed by atoms with Crippen LogP contribution >= 0.6 is 0 Å². The van der Waals surface area contributed by atoms with Gasteiger partial charge < -0.3 is 39.5 Å². The van der Waals surface area contributed by atoms with Gasteiger partial charge in [-0.3, -0.25) is 4.79 Å². The van der Waals surface area contributed by atoms with Gasteiger partial charge in [-0.1, -0.05) is 31.2 Å². The minimum Gasteiger partial charge on any atom is -0.543 e. The molecule has 5 atom stereocenters. The number of aliphatic hydroxyl groups excluding tert-OH is 1. The zero-order valence-corrected chi connectivity index (χ0v) is 26.5. The van der Waals surface area contributed by atoms with Crippen molar-refractivity contribution in [1.29, 1.82) is 0 Å². The number of anilines is 1. The van der Waals surface area contributed by atoms with E-state index in [1.54, 1.807) is 6.92 Å². The number of nitrogens with zero attached hydrogens (tertiary/aromatic N) is 4. The molecular formula is C34H49N5O4+2. The number of carbonyl (C=O) groups is 2. The first-order chi connectivity index (χ1) is 20.3. The molecule has 4 heterocycles. The predicted octanol–water partition coefficient (Wildman–Crippen LogP) is 0.491. The fourth-order valence-corrected chi connectivity index (χ4v) is 8.17. The summed E-state index contributed by atoms with van der Waals surface area (Å²) in [6.07, 6.45) is 1.39. The van der Waals surface area contributed by atoms with Crippen LogP contribution in [0.25, 0.3) is 10.8 Å². The van der Waals surface area contributed by atoms with Gasteiger partial charge in [0, 0.05) is 42.9 Å². The molecule has 4 aliphatic rings. The summed E-state index contributed by atoms with van der Waals surface area (Å²) in [5, 5.41) is 25.0. The van der Waals surface area contributed by atoms with Crippen molar-refractivity contribution in [2.45, 2.75) is 58.3 Å². The number of aliphatic carboxylic acids is 1. The lowest BCUT2D eigenvalue weighted by Gasteiger charge is -2.47. The Hall–Kier alpha value is -2.98. The monoisotopic (exact) mass is 591 g/mol. The molecule has 2 saturated heterocycles. The number of aliphatic hydroxyl groups is 1. The first-order valence-corrected chi connectivity index (χ1v) is 16.1. The molecule has 2 aromatic carbocycles. The molecule has 1 amide bonds. The second-order valence-corrected chi connectivity index (χ2v) is 14.6. The van der Waals surface area contributed by atoms with Crippen molar-refractivity contribution in [3.8, 4) is 0 Å². The van der Waals surface area contributed by atoms with Crippen molar-refractivity contribution in [2.24, 2.45) is 11.8 Å². The molecule has 9 nitrogen and oxygen atoms in total. The van der Waals surface area contributed by atoms with Crippen LogP contribution in [0.1, 0.15) is 38.3 Å². The molecule has 0 aromatic heterocycles. The van der Waals surface area contributed by atoms with E-state index in [-0.39, 0.29) is 23.6 Å². The maximum atomic E-state index is 12.8. The molecule has 232 valence electrons. The highest BCUT2D eigenvalue weighted by Gasteiger charge is 2.58. The average molecular weight is 592 g/mol. The van der Waals surface area contributed by atoms with Gasteiger partial charge in [0.15, 0.2) is 0 Å². The van der Waals surface area contributed by atoms with Crippen LogP contribution in [0.5, 0.6) is 0 Å². The van der Waals surface area contributed by atoms with Crippen molar-refractivity contribution < 1.29 is 34.5 Å². The lowest BCUT2D eigenvalue weighted by atomic mass is 9.77. The third-order valence-electron chi connectivity index (χ3n) is 11.2. The van der Waals surface area contributed by atoms with Gasteiger partial charge in [0.25, 0.3) is 0 Å². The largest absolute Gasteiger partial charge is 0.543 e. The van der Waals surface area contributed by atoms with E-state index < -0.39 is 18.0 Å². The highest BCUT2D eigenvalue weighted by atomic mass is 16.4. The summed E-state index contributed by atoms with van der Waals surface area (Å²) in [6.45, 7) is 14.0. The number of carboxylic acid groups (broad SMARTS) is 1. The van der Waals surface area contributed by atoms with Crippen LogP contribution in [0.15, 0.2) is 41.6 Å². The standard InChI is InChI=1S/C34H48N5O4/c1-21(35)11-13-38(4)15-17-39(5,18-16-38)14-12-24-9-10-25-19-36(28-8-6-7-26(24)30(25)28)20-27-22(2)31-29(23(3)40)33(41)37(31)32(27)34(42)43/h6-10,21-23,29,31,40H,11-20,35H2,1-5H3/q+1/p+1/t21?,22-,23?,29?,31?,38?,39?/m0/s1. The van der Waals surface area contributed by atoms with Crippen LogP contribution < -0.4 is 15.7 Å². The molecule has 43 heavy (non-hydrogen) atoms. The van der Waals surface area contributed by atoms with Gasteiger partial charge in [-0.05, 0) is 42.0 Å². The van der Waals surface area contributed by atoms with Crippen molar-refractivity contribution in [2.75, 3.05) is 64.8 Å². The van der Waals surface area contributed by atoms with Crippen molar-refractivity contribution >= 4 is 28.3 Å². The molecule has 0 radical (unpaired) electrons. The Morgan fingerprint density at radius 3 is 2.40 bits per heavy atom. The van der Waals surface area contributed by atoms with Crippen molar-refractivity contribution in [3.63, 3.8) is 0 Å². The van der Waals surface area contributed by atoms with E-state index in [1.807, 2.05) is 6.92 Å². The number of β-lactam (4-membered cyclic amide) rings is 1. The van der Waals surface area contributed by atoms with Gasteiger partial charge in [0.05, 0.1) is 63.0 Å². The Morgan fingerprint density at radius 1 is 1.09 bits per heavy atom. The van der Waals surface area contributed by atoms with Crippen LogP contribution in [0.4, 0.5) is 5.69 Å². The molecule has 0 saturated carbocycles. The van der Waals surface area contributed by atoms with E-state index in [1.165, 1.54) is 65.9 Å². The van der Waals surface area contributed by atoms with Crippen LogP contribution in [-0.4, -0.2) is 109 Å². The molecule has 6 rings (SSSR count). The number of piperazine rings is 1. The average Bonchev–Trinajstić information content (AvgIpc) is 3.43. The quantitative estimate of drug-likeness (QED) is 0.309. The number of fused-ring (bicyclic) bond motifs is 1. The smallest absolute Gasteiger partial charge is 0.235 e. The number of hydrogen-bond acceptors (Lipinski definition) is 5. The Morgan fingerprint density at radius 2 is 1.77 bits per heavy atom. The number of carboxylic acids is 1. The van der Waals surface area contributed by atoms with Gasteiger partial charge in [-0.2, -0.15) is 0 Å². The SMILES string of the molecule is CC([NH3+])CC[N+]1(C)CC[N+](C)(CCc2ccc3c4c(cccc24)N(CC2=C(C(=O)[O-])N4C(=O)C(C(C)O)C4[C@H]2C)C3)CC1. The Labute approximate surface area is 255 Å². The fourth-order valence-electron chi connectivity index (χ4n) is 8.17. The van der Waals surface area contributed by atoms with E-state index in [9.17, 15) is 19.8 Å². The zero-order valence-electron chi connectivity index (χ0n) is 26.5. The molecule has 9 heteroatoms. The summed E-state index contributed by atoms with van der Waals surface area (Å²) in [6, 6.07) is 11.2. The summed E-state index contributed by atoms with van der Waals surface area (Å²) in [4.78, 5) is 28.7. The maximum Gasteiger partial charge on any atom is 0.235 e. The highest BCUT2D eigenvalue weighted by molar-refractivity contribution is 6.02. The first-order valence-electron chi connectivity index (χ1n) is 16.1. The van der Waals surface area contributed by atoms with E-state index in [0.717, 1.165) is 27.6 Å². The number of benzene rings is 2. The number of quaternary nitrogens is 3. The molecule has 4 unspecified atom stereocenters. The minimum absolute atomic E-state index is 0.00249. The number of carbonyl (C=O) groups excluding carboxylic acids is 2. The van der Waals surface area contributed by atoms with Gasteiger partial charge in [0.1, 0.15) is 26.2 Å². The lowest BCUT2D eigenvalue weighted by molar-refractivity contribution is -1.02. The third-order valence-corrected chi connectivity index (χ3v) is 11.2. The number of hydrogen-bond donors (Lipinski definition) is 2. The first kappa shape index (κ1) is 30.1. The normalized spacial score (nSPS) is 31.4. The maximum absolute atomic E-state index is 12.8. The number of rotatable bonds is 10. The molecule has 0 aliphatic carbocycles. The summed E-state index contributed by atoms with van der Waals surface area (Å²) < 4.78 is 2.26. The Bertz CT molecular complexity index is 1470. The van der Waals surface area contributed by atoms with Crippen molar-refractivity contribution in [3.05, 3.63) is 52.7 Å². The Balaban J connectivity index is 1.19. The van der Waals surface area contributed by atoms with Crippen LogP contribution in [-0.2, 0) is 22.6 Å². The second kappa shape index (κ2) is 10.9. The number of likely N-dealkylation sites (N-methyl/N-ethyl adjacent to an activating group) is 2. The minimum atomic E-state index is -1.32. The van der Waals surface area contributed by atoms with Crippen LogP contribution in [0, 0.1) is 11.8 Å². The lowest BCUT2D eigenvalue weighted by Crippen LogP contribution is -2.66. The summed E-state index contributed by atoms with van der Waals surface area (Å²) in [7, 11) is 4.82. The zero-order chi connectivity index (χ0) is 30.8. The third kappa shape index (κ3) is 5.14.